The second kappa shape index (κ2) is 6.86. The first kappa shape index (κ1) is 14.5. The first-order chi connectivity index (χ1) is 6.93. The second-order valence-electron chi connectivity index (χ2n) is 5.30. The van der Waals surface area contributed by atoms with Gasteiger partial charge in [-0.2, -0.15) is 0 Å². The van der Waals surface area contributed by atoms with Gasteiger partial charge in [-0.25, -0.2) is 0 Å². The van der Waals surface area contributed by atoms with Crippen molar-refractivity contribution in [3.63, 3.8) is 0 Å². The Morgan fingerprint density at radius 3 is 2.27 bits per heavy atom. The summed E-state index contributed by atoms with van der Waals surface area (Å²) in [4.78, 5) is 11.1. The van der Waals surface area contributed by atoms with Crippen LogP contribution in [0.5, 0.6) is 0 Å². The fraction of sp³-hybridized carbons (Fsp3) is 0.923. The van der Waals surface area contributed by atoms with Crippen LogP contribution in [0.4, 0.5) is 0 Å². The van der Waals surface area contributed by atoms with Gasteiger partial charge < -0.3 is 5.11 Å². The molecular formula is C13H26O2. The Morgan fingerprint density at radius 1 is 1.27 bits per heavy atom. The van der Waals surface area contributed by atoms with E-state index in [-0.39, 0.29) is 11.3 Å². The van der Waals surface area contributed by atoms with E-state index >= 15 is 0 Å². The molecule has 0 amide bonds. The molecule has 0 rings (SSSR count). The van der Waals surface area contributed by atoms with E-state index in [0.717, 1.165) is 38.5 Å². The molecule has 1 unspecified atom stereocenters. The first-order valence-corrected chi connectivity index (χ1v) is 6.15. The second-order valence-corrected chi connectivity index (χ2v) is 5.30. The maximum absolute atomic E-state index is 11.1. The van der Waals surface area contributed by atoms with Gasteiger partial charge in [0.2, 0.25) is 0 Å². The van der Waals surface area contributed by atoms with E-state index in [2.05, 4.69) is 27.7 Å². The standard InChI is InChI=1S/C13H26O2/c1-5-7-8-11(12(14)15)10-13(3,4)9-6-2/h11H,5-10H2,1-4H3,(H,14,15). The number of hydrogen-bond acceptors (Lipinski definition) is 1. The van der Waals surface area contributed by atoms with Crippen LogP contribution in [-0.2, 0) is 4.79 Å². The number of rotatable bonds is 8. The van der Waals surface area contributed by atoms with E-state index in [0.29, 0.717) is 0 Å². The summed E-state index contributed by atoms with van der Waals surface area (Å²) in [7, 11) is 0. The molecule has 1 N–H and O–H groups in total. The molecule has 0 radical (unpaired) electrons. The average molecular weight is 214 g/mol. The van der Waals surface area contributed by atoms with Gasteiger partial charge in [0.1, 0.15) is 0 Å². The molecule has 1 atom stereocenters. The van der Waals surface area contributed by atoms with Crippen molar-refractivity contribution >= 4 is 5.97 Å². The van der Waals surface area contributed by atoms with Gasteiger partial charge in [-0.3, -0.25) is 4.79 Å². The lowest BCUT2D eigenvalue weighted by molar-refractivity contribution is -0.143. The molecule has 90 valence electrons. The highest BCUT2D eigenvalue weighted by atomic mass is 16.4. The monoisotopic (exact) mass is 214 g/mol. The van der Waals surface area contributed by atoms with Crippen LogP contribution in [0.25, 0.3) is 0 Å². The summed E-state index contributed by atoms with van der Waals surface area (Å²) in [5.41, 5.74) is 0.172. The summed E-state index contributed by atoms with van der Waals surface area (Å²) >= 11 is 0. The molecule has 0 spiro atoms. The zero-order valence-corrected chi connectivity index (χ0v) is 10.7. The van der Waals surface area contributed by atoms with E-state index in [4.69, 9.17) is 5.11 Å². The van der Waals surface area contributed by atoms with Gasteiger partial charge in [0, 0.05) is 0 Å². The maximum Gasteiger partial charge on any atom is 0.306 e. The van der Waals surface area contributed by atoms with E-state index in [1.54, 1.807) is 0 Å². The molecule has 0 aromatic heterocycles. The van der Waals surface area contributed by atoms with Crippen LogP contribution in [0.2, 0.25) is 0 Å². The molecule has 15 heavy (non-hydrogen) atoms. The average Bonchev–Trinajstić information content (AvgIpc) is 2.11. The quantitative estimate of drug-likeness (QED) is 0.660. The van der Waals surface area contributed by atoms with Crippen LogP contribution in [0.1, 0.15) is 66.2 Å². The van der Waals surface area contributed by atoms with Crippen molar-refractivity contribution in [3.05, 3.63) is 0 Å². The smallest absolute Gasteiger partial charge is 0.306 e. The van der Waals surface area contributed by atoms with Crippen molar-refractivity contribution in [1.29, 1.82) is 0 Å². The fourth-order valence-corrected chi connectivity index (χ4v) is 2.21. The van der Waals surface area contributed by atoms with Crippen LogP contribution < -0.4 is 0 Å². The Kier molecular flexibility index (Phi) is 6.62. The molecule has 0 aromatic rings. The van der Waals surface area contributed by atoms with E-state index in [1.165, 1.54) is 0 Å². The van der Waals surface area contributed by atoms with Gasteiger partial charge in [-0.05, 0) is 24.7 Å². The Hall–Kier alpha value is -0.530. The number of hydrogen-bond donors (Lipinski definition) is 1. The maximum atomic E-state index is 11.1. The van der Waals surface area contributed by atoms with E-state index in [9.17, 15) is 4.79 Å². The topological polar surface area (TPSA) is 37.3 Å². The van der Waals surface area contributed by atoms with Crippen LogP contribution in [0.3, 0.4) is 0 Å². The fourth-order valence-electron chi connectivity index (χ4n) is 2.21. The SMILES string of the molecule is CCCCC(CC(C)(C)CCC)C(=O)O. The highest BCUT2D eigenvalue weighted by Crippen LogP contribution is 2.32. The first-order valence-electron chi connectivity index (χ1n) is 6.15. The van der Waals surface area contributed by atoms with Crippen molar-refractivity contribution < 1.29 is 9.90 Å². The van der Waals surface area contributed by atoms with Gasteiger partial charge in [-0.15, -0.1) is 0 Å². The van der Waals surface area contributed by atoms with Gasteiger partial charge in [0.25, 0.3) is 0 Å². The number of carboxylic acid groups (broad SMARTS) is 1. The predicted molar refractivity (Wildman–Crippen MR) is 64.0 cm³/mol. The van der Waals surface area contributed by atoms with E-state index < -0.39 is 5.97 Å². The van der Waals surface area contributed by atoms with Crippen molar-refractivity contribution in [1.82, 2.24) is 0 Å². The molecule has 0 saturated heterocycles. The molecule has 0 aliphatic rings. The van der Waals surface area contributed by atoms with Gasteiger partial charge >= 0.3 is 5.97 Å². The van der Waals surface area contributed by atoms with Crippen molar-refractivity contribution in [2.75, 3.05) is 0 Å². The number of carbonyl (C=O) groups is 1. The highest BCUT2D eigenvalue weighted by molar-refractivity contribution is 5.69. The Labute approximate surface area is 94.1 Å². The zero-order chi connectivity index (χ0) is 11.9. The number of carboxylic acids is 1. The highest BCUT2D eigenvalue weighted by Gasteiger charge is 2.26. The van der Waals surface area contributed by atoms with E-state index in [1.807, 2.05) is 0 Å². The van der Waals surface area contributed by atoms with Gasteiger partial charge in [-0.1, -0.05) is 47.0 Å². The van der Waals surface area contributed by atoms with Crippen LogP contribution >= 0.6 is 0 Å². The Morgan fingerprint density at radius 2 is 1.87 bits per heavy atom. The zero-order valence-electron chi connectivity index (χ0n) is 10.7. The number of aliphatic carboxylic acids is 1. The van der Waals surface area contributed by atoms with Crippen molar-refractivity contribution in [3.8, 4) is 0 Å². The van der Waals surface area contributed by atoms with Gasteiger partial charge in [0.15, 0.2) is 0 Å². The summed E-state index contributed by atoms with van der Waals surface area (Å²) in [5, 5.41) is 9.13. The molecule has 0 aliphatic carbocycles. The summed E-state index contributed by atoms with van der Waals surface area (Å²) in [6.07, 6.45) is 6.00. The Bertz CT molecular complexity index is 185. The molecule has 0 saturated carbocycles. The van der Waals surface area contributed by atoms with Crippen LogP contribution in [0.15, 0.2) is 0 Å². The lowest BCUT2D eigenvalue weighted by atomic mass is 9.78. The molecule has 0 fully saturated rings. The molecule has 0 aromatic carbocycles. The molecule has 0 heterocycles. The predicted octanol–water partition coefficient (Wildman–Crippen LogP) is 4.09. The summed E-state index contributed by atoms with van der Waals surface area (Å²) in [6, 6.07) is 0. The largest absolute Gasteiger partial charge is 0.481 e. The minimum Gasteiger partial charge on any atom is -0.481 e. The summed E-state index contributed by atoms with van der Waals surface area (Å²) < 4.78 is 0. The lowest BCUT2D eigenvalue weighted by Crippen LogP contribution is -2.23. The molecule has 2 nitrogen and oxygen atoms in total. The molecule has 0 bridgehead atoms. The minimum atomic E-state index is -0.618. The third-order valence-corrected chi connectivity index (χ3v) is 2.98. The molecule has 0 aliphatic heterocycles. The minimum absolute atomic E-state index is 0.147. The van der Waals surface area contributed by atoms with Crippen LogP contribution in [0, 0.1) is 11.3 Å². The normalized spacial score (nSPS) is 13.9. The molecule has 2 heteroatoms. The van der Waals surface area contributed by atoms with Crippen molar-refractivity contribution in [2.45, 2.75) is 66.2 Å². The third-order valence-electron chi connectivity index (χ3n) is 2.98. The Balaban J connectivity index is 4.20. The van der Waals surface area contributed by atoms with Gasteiger partial charge in [0.05, 0.1) is 5.92 Å². The van der Waals surface area contributed by atoms with Crippen LogP contribution in [-0.4, -0.2) is 11.1 Å². The molecular weight excluding hydrogens is 188 g/mol. The number of unbranched alkanes of at least 4 members (excludes halogenated alkanes) is 1. The summed E-state index contributed by atoms with van der Waals surface area (Å²) in [6.45, 7) is 8.62. The third kappa shape index (κ3) is 6.53. The summed E-state index contributed by atoms with van der Waals surface area (Å²) in [5.74, 6) is -0.765. The van der Waals surface area contributed by atoms with Crippen molar-refractivity contribution in [2.24, 2.45) is 11.3 Å². The lowest BCUT2D eigenvalue weighted by Gasteiger charge is -2.27.